The molecule has 0 unspecified atom stereocenters. The van der Waals surface area contributed by atoms with Gasteiger partial charge >= 0.3 is 0 Å². The Morgan fingerprint density at radius 2 is 2.17 bits per heavy atom. The van der Waals surface area contributed by atoms with Gasteiger partial charge in [0.2, 0.25) is 0 Å². The van der Waals surface area contributed by atoms with Crippen LogP contribution in [0.2, 0.25) is 0 Å². The highest BCUT2D eigenvalue weighted by Gasteiger charge is 2.26. The molecule has 0 bridgehead atoms. The number of nitrogens with zero attached hydrogens (tertiary/aromatic N) is 1. The normalized spacial score (nSPS) is 15.5. The fourth-order valence-corrected chi connectivity index (χ4v) is 2.63. The van der Waals surface area contributed by atoms with E-state index in [2.05, 4.69) is 35.3 Å². The second-order valence-corrected chi connectivity index (χ2v) is 5.16. The summed E-state index contributed by atoms with van der Waals surface area (Å²) in [6.07, 6.45) is 3.83. The van der Waals surface area contributed by atoms with E-state index in [1.165, 1.54) is 36.1 Å². The molecule has 0 radical (unpaired) electrons. The number of aliphatic hydroxyl groups is 1. The Morgan fingerprint density at radius 1 is 1.39 bits per heavy atom. The number of anilines is 1. The van der Waals surface area contributed by atoms with Crippen LogP contribution in [-0.2, 0) is 6.54 Å². The summed E-state index contributed by atoms with van der Waals surface area (Å²) < 4.78 is 0. The lowest BCUT2D eigenvalue weighted by Gasteiger charge is -2.40. The van der Waals surface area contributed by atoms with E-state index >= 15 is 0 Å². The zero-order chi connectivity index (χ0) is 13.0. The Kier molecular flexibility index (Phi) is 4.61. The van der Waals surface area contributed by atoms with Gasteiger partial charge in [0.25, 0.3) is 0 Å². The van der Waals surface area contributed by atoms with Gasteiger partial charge in [-0.25, -0.2) is 0 Å². The molecule has 0 saturated heterocycles. The van der Waals surface area contributed by atoms with Crippen LogP contribution in [0.3, 0.4) is 0 Å². The van der Waals surface area contributed by atoms with Gasteiger partial charge in [-0.15, -0.1) is 0 Å². The third kappa shape index (κ3) is 2.85. The van der Waals surface area contributed by atoms with Gasteiger partial charge in [0.05, 0.1) is 6.61 Å². The van der Waals surface area contributed by atoms with Crippen LogP contribution in [-0.4, -0.2) is 31.3 Å². The first-order chi connectivity index (χ1) is 8.76. The van der Waals surface area contributed by atoms with Gasteiger partial charge in [0.1, 0.15) is 0 Å². The quantitative estimate of drug-likeness (QED) is 0.809. The molecule has 0 spiro atoms. The van der Waals surface area contributed by atoms with Crippen molar-refractivity contribution in [2.45, 2.75) is 38.8 Å². The molecule has 2 N–H and O–H groups in total. The molecule has 2 rings (SSSR count). The minimum absolute atomic E-state index is 0.226. The lowest BCUT2D eigenvalue weighted by Crippen LogP contribution is -2.42. The predicted molar refractivity (Wildman–Crippen MR) is 76.0 cm³/mol. The molecule has 1 saturated carbocycles. The first kappa shape index (κ1) is 13.4. The molecule has 1 fully saturated rings. The smallest absolute Gasteiger partial charge is 0.0606 e. The highest BCUT2D eigenvalue weighted by atomic mass is 16.3. The maximum Gasteiger partial charge on any atom is 0.0606 e. The van der Waals surface area contributed by atoms with Crippen LogP contribution in [0, 0.1) is 6.92 Å². The van der Waals surface area contributed by atoms with E-state index in [4.69, 9.17) is 0 Å². The molecule has 0 aliphatic heterocycles. The monoisotopic (exact) mass is 248 g/mol. The van der Waals surface area contributed by atoms with Crippen molar-refractivity contribution < 1.29 is 5.11 Å². The van der Waals surface area contributed by atoms with Crippen LogP contribution in [0.25, 0.3) is 0 Å². The van der Waals surface area contributed by atoms with Crippen LogP contribution in [0.4, 0.5) is 5.69 Å². The molecule has 0 atom stereocenters. The topological polar surface area (TPSA) is 35.5 Å². The minimum Gasteiger partial charge on any atom is -0.395 e. The Bertz CT molecular complexity index is 388. The highest BCUT2D eigenvalue weighted by Crippen LogP contribution is 2.31. The van der Waals surface area contributed by atoms with E-state index in [-0.39, 0.29) is 6.61 Å². The van der Waals surface area contributed by atoms with Crippen molar-refractivity contribution in [1.29, 1.82) is 0 Å². The van der Waals surface area contributed by atoms with E-state index in [1.807, 2.05) is 7.05 Å². The van der Waals surface area contributed by atoms with Gasteiger partial charge in [-0.3, -0.25) is 0 Å². The number of hydrogen-bond acceptors (Lipinski definition) is 3. The first-order valence-corrected chi connectivity index (χ1v) is 6.88. The molecule has 100 valence electrons. The van der Waals surface area contributed by atoms with Crippen LogP contribution in [0.15, 0.2) is 18.2 Å². The summed E-state index contributed by atoms with van der Waals surface area (Å²) in [6.45, 7) is 3.97. The number of nitrogens with one attached hydrogen (secondary N) is 1. The summed E-state index contributed by atoms with van der Waals surface area (Å²) >= 11 is 0. The summed E-state index contributed by atoms with van der Waals surface area (Å²) in [6, 6.07) is 7.23. The second kappa shape index (κ2) is 6.21. The SMILES string of the molecule is CNCc1cc(C)ccc1N(CCO)C1CCC1. The summed E-state index contributed by atoms with van der Waals surface area (Å²) in [7, 11) is 1.98. The van der Waals surface area contributed by atoms with Gasteiger partial charge in [0, 0.05) is 24.8 Å². The van der Waals surface area contributed by atoms with Crippen LogP contribution in [0.5, 0.6) is 0 Å². The van der Waals surface area contributed by atoms with E-state index in [9.17, 15) is 5.11 Å². The van der Waals surface area contributed by atoms with Crippen molar-refractivity contribution in [2.75, 3.05) is 25.1 Å². The molecule has 18 heavy (non-hydrogen) atoms. The Hall–Kier alpha value is -1.06. The van der Waals surface area contributed by atoms with Gasteiger partial charge < -0.3 is 15.3 Å². The number of hydrogen-bond donors (Lipinski definition) is 2. The van der Waals surface area contributed by atoms with Crippen LogP contribution < -0.4 is 10.2 Å². The van der Waals surface area contributed by atoms with Crippen LogP contribution in [0.1, 0.15) is 30.4 Å². The molecule has 1 aliphatic rings. The molecule has 0 heterocycles. The van der Waals surface area contributed by atoms with Crippen molar-refractivity contribution in [3.63, 3.8) is 0 Å². The van der Waals surface area contributed by atoms with Gasteiger partial charge in [0.15, 0.2) is 0 Å². The van der Waals surface area contributed by atoms with Crippen LogP contribution >= 0.6 is 0 Å². The lowest BCUT2D eigenvalue weighted by atomic mass is 9.90. The van der Waals surface area contributed by atoms with E-state index in [0.717, 1.165) is 13.1 Å². The fourth-order valence-electron chi connectivity index (χ4n) is 2.63. The van der Waals surface area contributed by atoms with Crippen molar-refractivity contribution in [1.82, 2.24) is 5.32 Å². The predicted octanol–water partition coefficient (Wildman–Crippen LogP) is 2.07. The summed E-state index contributed by atoms with van der Waals surface area (Å²) in [5.41, 5.74) is 3.91. The third-order valence-electron chi connectivity index (χ3n) is 3.77. The summed E-state index contributed by atoms with van der Waals surface area (Å²) in [4.78, 5) is 2.38. The highest BCUT2D eigenvalue weighted by molar-refractivity contribution is 5.56. The molecular weight excluding hydrogens is 224 g/mol. The average Bonchev–Trinajstić information content (AvgIpc) is 2.27. The Morgan fingerprint density at radius 3 is 2.72 bits per heavy atom. The van der Waals surface area contributed by atoms with Gasteiger partial charge in [-0.05, 0) is 44.9 Å². The molecule has 1 aliphatic carbocycles. The zero-order valence-electron chi connectivity index (χ0n) is 11.4. The summed E-state index contributed by atoms with van der Waals surface area (Å²) in [5, 5.41) is 12.5. The number of benzene rings is 1. The van der Waals surface area contributed by atoms with Crippen molar-refractivity contribution in [2.24, 2.45) is 0 Å². The molecule has 3 nitrogen and oxygen atoms in total. The zero-order valence-corrected chi connectivity index (χ0v) is 11.4. The third-order valence-corrected chi connectivity index (χ3v) is 3.77. The molecule has 3 heteroatoms. The number of aryl methyl sites for hydroxylation is 1. The molecular formula is C15H24N2O. The van der Waals surface area contributed by atoms with Crippen molar-refractivity contribution in [3.05, 3.63) is 29.3 Å². The maximum absolute atomic E-state index is 9.28. The molecule has 0 amide bonds. The van der Waals surface area contributed by atoms with Crippen molar-refractivity contribution in [3.8, 4) is 0 Å². The fraction of sp³-hybridized carbons (Fsp3) is 0.600. The Balaban J connectivity index is 2.26. The van der Waals surface area contributed by atoms with Gasteiger partial charge in [-0.2, -0.15) is 0 Å². The van der Waals surface area contributed by atoms with E-state index in [1.54, 1.807) is 0 Å². The second-order valence-electron chi connectivity index (χ2n) is 5.16. The standard InChI is InChI=1S/C15H24N2O/c1-12-6-7-15(13(10-12)11-16-2)17(8-9-18)14-4-3-5-14/h6-7,10,14,16,18H,3-5,8-9,11H2,1-2H3. The van der Waals surface area contributed by atoms with Gasteiger partial charge in [-0.1, -0.05) is 17.7 Å². The number of rotatable bonds is 6. The Labute approximate surface area is 110 Å². The molecule has 0 aromatic heterocycles. The van der Waals surface area contributed by atoms with Crippen molar-refractivity contribution >= 4 is 5.69 Å². The van der Waals surface area contributed by atoms with E-state index in [0.29, 0.717) is 6.04 Å². The molecule has 1 aromatic rings. The van der Waals surface area contributed by atoms with E-state index < -0.39 is 0 Å². The summed E-state index contributed by atoms with van der Waals surface area (Å²) in [5.74, 6) is 0. The lowest BCUT2D eigenvalue weighted by molar-refractivity contribution is 0.283. The largest absolute Gasteiger partial charge is 0.395 e. The minimum atomic E-state index is 0.226. The molecule has 1 aromatic carbocycles. The average molecular weight is 248 g/mol. The number of aliphatic hydroxyl groups excluding tert-OH is 1. The first-order valence-electron chi connectivity index (χ1n) is 6.88. The maximum atomic E-state index is 9.28.